The Hall–Kier alpha value is -0.880. The van der Waals surface area contributed by atoms with Crippen LogP contribution in [-0.2, 0) is 52.1 Å². The summed E-state index contributed by atoms with van der Waals surface area (Å²) in [5.74, 6) is 2.40. The van der Waals surface area contributed by atoms with E-state index in [0.717, 1.165) is 13.0 Å². The Morgan fingerprint density at radius 3 is 0.761 bits per heavy atom. The molecule has 0 rings (SSSR count). The average Bonchev–Trinajstić information content (AvgIpc) is 3.07. The fourth-order valence-electron chi connectivity index (χ4n) is 4.02. The molecule has 0 N–H and O–H groups in total. The van der Waals surface area contributed by atoms with Crippen molar-refractivity contribution in [2.24, 2.45) is 0 Å². The van der Waals surface area contributed by atoms with Gasteiger partial charge in [0.25, 0.3) is 0 Å². The smallest absolute Gasteiger partial charge is 0.107 e. The zero-order chi connectivity index (χ0) is 33.1. The minimum absolute atomic E-state index is 0.311. The largest absolute Gasteiger partial charge is 0.379 e. The SMILES string of the molecule is C#CCOCCOCCOCCOCCOCCOCCOCCOCCOCCOCCOCCCCCCCCCCCC. The van der Waals surface area contributed by atoms with E-state index in [4.69, 9.17) is 58.5 Å². The molecule has 0 heterocycles. The summed E-state index contributed by atoms with van der Waals surface area (Å²) in [7, 11) is 0. The highest BCUT2D eigenvalue weighted by Gasteiger charge is 1.97. The third-order valence-electron chi connectivity index (χ3n) is 6.55. The van der Waals surface area contributed by atoms with Crippen LogP contribution < -0.4 is 0 Å². The molecular formula is C35H68O11. The topological polar surface area (TPSA) is 102 Å². The summed E-state index contributed by atoms with van der Waals surface area (Å²) >= 11 is 0. The number of ether oxygens (including phenoxy) is 11. The van der Waals surface area contributed by atoms with E-state index >= 15 is 0 Å². The fraction of sp³-hybridized carbons (Fsp3) is 0.943. The van der Waals surface area contributed by atoms with E-state index in [-0.39, 0.29) is 0 Å². The zero-order valence-electron chi connectivity index (χ0n) is 29.2. The van der Waals surface area contributed by atoms with Crippen molar-refractivity contribution in [3.8, 4) is 12.3 Å². The van der Waals surface area contributed by atoms with Crippen LogP contribution in [-0.4, -0.2) is 145 Å². The van der Waals surface area contributed by atoms with Crippen molar-refractivity contribution in [1.82, 2.24) is 0 Å². The van der Waals surface area contributed by atoms with Crippen LogP contribution in [0.5, 0.6) is 0 Å². The molecule has 0 aliphatic rings. The lowest BCUT2D eigenvalue weighted by atomic mass is 10.1. The highest BCUT2D eigenvalue weighted by molar-refractivity contribution is 4.82. The molecule has 0 spiro atoms. The molecule has 11 nitrogen and oxygen atoms in total. The van der Waals surface area contributed by atoms with Gasteiger partial charge in [-0.25, -0.2) is 0 Å². The van der Waals surface area contributed by atoms with Crippen molar-refractivity contribution in [2.45, 2.75) is 71.1 Å². The van der Waals surface area contributed by atoms with Crippen LogP contribution in [0.4, 0.5) is 0 Å². The first kappa shape index (κ1) is 45.1. The Morgan fingerprint density at radius 1 is 0.283 bits per heavy atom. The summed E-state index contributed by atoms with van der Waals surface area (Å²) in [5, 5.41) is 0. The second-order valence-electron chi connectivity index (χ2n) is 10.6. The second kappa shape index (κ2) is 44.1. The molecule has 0 radical (unpaired) electrons. The van der Waals surface area contributed by atoms with E-state index in [1.54, 1.807) is 0 Å². The first-order chi connectivity index (χ1) is 22.9. The van der Waals surface area contributed by atoms with Crippen LogP contribution >= 0.6 is 0 Å². The van der Waals surface area contributed by atoms with Gasteiger partial charge in [-0.1, -0.05) is 70.6 Å². The van der Waals surface area contributed by atoms with Crippen molar-refractivity contribution < 1.29 is 52.1 Å². The molecule has 0 saturated carbocycles. The number of unbranched alkanes of at least 4 members (excludes halogenated alkanes) is 9. The van der Waals surface area contributed by atoms with Gasteiger partial charge in [0.1, 0.15) is 6.61 Å². The molecule has 0 atom stereocenters. The lowest BCUT2D eigenvalue weighted by Gasteiger charge is -2.09. The minimum Gasteiger partial charge on any atom is -0.379 e. The third kappa shape index (κ3) is 43.1. The fourth-order valence-corrected chi connectivity index (χ4v) is 4.02. The summed E-state index contributed by atoms with van der Waals surface area (Å²) in [6.07, 6.45) is 18.5. The average molecular weight is 665 g/mol. The molecule has 0 aromatic rings. The van der Waals surface area contributed by atoms with Crippen LogP contribution in [0.25, 0.3) is 0 Å². The summed E-state index contributed by atoms with van der Waals surface area (Å²) in [5.41, 5.74) is 0. The maximum atomic E-state index is 5.64. The van der Waals surface area contributed by atoms with Crippen molar-refractivity contribution in [3.05, 3.63) is 0 Å². The lowest BCUT2D eigenvalue weighted by molar-refractivity contribution is -0.0272. The van der Waals surface area contributed by atoms with Crippen molar-refractivity contribution in [3.63, 3.8) is 0 Å². The minimum atomic E-state index is 0.311. The molecule has 0 aromatic heterocycles. The first-order valence-corrected chi connectivity index (χ1v) is 17.7. The summed E-state index contributed by atoms with van der Waals surface area (Å²) < 4.78 is 60.0. The molecule has 0 unspecified atom stereocenters. The Morgan fingerprint density at radius 2 is 0.500 bits per heavy atom. The predicted molar refractivity (Wildman–Crippen MR) is 180 cm³/mol. The second-order valence-corrected chi connectivity index (χ2v) is 10.6. The monoisotopic (exact) mass is 664 g/mol. The molecule has 46 heavy (non-hydrogen) atoms. The quantitative estimate of drug-likeness (QED) is 0.0669. The van der Waals surface area contributed by atoms with E-state index in [2.05, 4.69) is 12.8 Å². The summed E-state index contributed by atoms with van der Waals surface area (Å²) in [6.45, 7) is 14.1. The maximum absolute atomic E-state index is 5.64. The molecule has 274 valence electrons. The Kier molecular flexibility index (Phi) is 43.3. The van der Waals surface area contributed by atoms with Gasteiger partial charge in [0.05, 0.1) is 132 Å². The third-order valence-corrected chi connectivity index (χ3v) is 6.55. The van der Waals surface area contributed by atoms with E-state index in [1.807, 2.05) is 0 Å². The number of hydrogen-bond acceptors (Lipinski definition) is 11. The molecule has 0 aromatic carbocycles. The van der Waals surface area contributed by atoms with Gasteiger partial charge in [0, 0.05) is 6.61 Å². The van der Waals surface area contributed by atoms with Gasteiger partial charge in [0.15, 0.2) is 0 Å². The van der Waals surface area contributed by atoms with Crippen molar-refractivity contribution in [2.75, 3.05) is 145 Å². The highest BCUT2D eigenvalue weighted by atomic mass is 16.6. The van der Waals surface area contributed by atoms with Crippen LogP contribution in [0.1, 0.15) is 71.1 Å². The van der Waals surface area contributed by atoms with Gasteiger partial charge in [-0.3, -0.25) is 0 Å². The zero-order valence-corrected chi connectivity index (χ0v) is 29.2. The maximum Gasteiger partial charge on any atom is 0.107 e. The van der Waals surface area contributed by atoms with Crippen LogP contribution in [0, 0.1) is 12.3 Å². The molecular weight excluding hydrogens is 596 g/mol. The van der Waals surface area contributed by atoms with E-state index in [0.29, 0.717) is 139 Å². The Labute approximate surface area is 280 Å². The number of rotatable bonds is 42. The number of terminal acetylenes is 1. The summed E-state index contributed by atoms with van der Waals surface area (Å²) in [6, 6.07) is 0. The highest BCUT2D eigenvalue weighted by Crippen LogP contribution is 2.10. The van der Waals surface area contributed by atoms with Gasteiger partial charge >= 0.3 is 0 Å². The van der Waals surface area contributed by atoms with Gasteiger partial charge in [-0.2, -0.15) is 0 Å². The molecule has 0 amide bonds. The molecule has 0 aliphatic carbocycles. The van der Waals surface area contributed by atoms with E-state index in [1.165, 1.54) is 57.8 Å². The normalized spacial score (nSPS) is 11.4. The number of hydrogen-bond donors (Lipinski definition) is 0. The predicted octanol–water partition coefficient (Wildman–Crippen LogP) is 4.72. The van der Waals surface area contributed by atoms with Crippen molar-refractivity contribution >= 4 is 0 Å². The molecule has 0 aliphatic heterocycles. The van der Waals surface area contributed by atoms with Gasteiger partial charge in [-0.15, -0.1) is 6.42 Å². The van der Waals surface area contributed by atoms with E-state index < -0.39 is 0 Å². The van der Waals surface area contributed by atoms with Crippen molar-refractivity contribution in [1.29, 1.82) is 0 Å². The van der Waals surface area contributed by atoms with Gasteiger partial charge in [-0.05, 0) is 6.42 Å². The van der Waals surface area contributed by atoms with Crippen LogP contribution in [0.15, 0.2) is 0 Å². The standard InChI is InChI=1S/C35H68O11/c1-3-5-6-7-8-9-10-11-12-13-15-37-17-19-39-21-23-41-25-27-43-29-31-45-33-35-46-34-32-44-30-28-42-26-24-40-22-20-38-18-16-36-14-4-2/h2H,3,5-35H2,1H3. The van der Waals surface area contributed by atoms with E-state index in [9.17, 15) is 0 Å². The lowest BCUT2D eigenvalue weighted by Crippen LogP contribution is -2.15. The Balaban J connectivity index is 3.03. The molecule has 11 heteroatoms. The summed E-state index contributed by atoms with van der Waals surface area (Å²) in [4.78, 5) is 0. The van der Waals surface area contributed by atoms with Crippen LogP contribution in [0.2, 0.25) is 0 Å². The van der Waals surface area contributed by atoms with Gasteiger partial charge in [0.2, 0.25) is 0 Å². The van der Waals surface area contributed by atoms with Gasteiger partial charge < -0.3 is 52.1 Å². The Bertz CT molecular complexity index is 577. The molecule has 0 fully saturated rings. The van der Waals surface area contributed by atoms with Crippen LogP contribution in [0.3, 0.4) is 0 Å². The molecule has 0 bridgehead atoms. The molecule has 0 saturated heterocycles. The first-order valence-electron chi connectivity index (χ1n) is 17.7.